The topological polar surface area (TPSA) is 86.5 Å². The molecular weight excluding hydrogens is 274 g/mol. The van der Waals surface area contributed by atoms with Crippen molar-refractivity contribution < 1.29 is 17.9 Å². The first kappa shape index (κ1) is 17.7. The highest BCUT2D eigenvalue weighted by Crippen LogP contribution is 2.17. The molecule has 0 aromatic rings. The number of ether oxygens (including phenoxy) is 1. The molecule has 0 aliphatic rings. The molecule has 7 heteroatoms. The maximum absolute atomic E-state index is 11.8. The van der Waals surface area contributed by atoms with Crippen molar-refractivity contribution in [2.24, 2.45) is 5.73 Å². The second-order valence-electron chi connectivity index (χ2n) is 4.96. The average Bonchev–Trinajstić information content (AvgIpc) is 2.25. The summed E-state index contributed by atoms with van der Waals surface area (Å²) >= 11 is 1.49. The minimum atomic E-state index is -3.06. The van der Waals surface area contributed by atoms with Crippen LogP contribution in [-0.4, -0.2) is 49.5 Å². The van der Waals surface area contributed by atoms with Crippen LogP contribution in [0.1, 0.15) is 27.2 Å². The summed E-state index contributed by atoms with van der Waals surface area (Å²) in [5, 5.41) is 0. The van der Waals surface area contributed by atoms with E-state index >= 15 is 0 Å². The van der Waals surface area contributed by atoms with Crippen molar-refractivity contribution in [2.75, 3.05) is 24.4 Å². The maximum Gasteiger partial charge on any atom is 0.322 e. The number of carbonyl (C=O) groups is 1. The van der Waals surface area contributed by atoms with Crippen LogP contribution in [0.15, 0.2) is 0 Å². The zero-order chi connectivity index (χ0) is 14.4. The van der Waals surface area contributed by atoms with Gasteiger partial charge in [0.1, 0.15) is 6.04 Å². The number of sulfone groups is 1. The Balaban J connectivity index is 3.86. The average molecular weight is 297 g/mol. The third-order valence-corrected chi connectivity index (χ3v) is 6.39. The van der Waals surface area contributed by atoms with Gasteiger partial charge in [-0.3, -0.25) is 4.79 Å². The molecule has 0 aromatic carbocycles. The van der Waals surface area contributed by atoms with Gasteiger partial charge in [-0.25, -0.2) is 8.42 Å². The zero-order valence-electron chi connectivity index (χ0n) is 11.4. The summed E-state index contributed by atoms with van der Waals surface area (Å²) in [7, 11) is -1.77. The molecule has 0 saturated heterocycles. The SMILES string of the molecule is COC(=O)C(N)CCSCCS(=O)(=O)C(C)(C)C. The predicted molar refractivity (Wildman–Crippen MR) is 75.5 cm³/mol. The maximum atomic E-state index is 11.8. The van der Waals surface area contributed by atoms with E-state index in [1.54, 1.807) is 20.8 Å². The molecular formula is C11H23NO4S2. The van der Waals surface area contributed by atoms with Gasteiger partial charge in [0.15, 0.2) is 9.84 Å². The number of rotatable bonds is 7. The zero-order valence-corrected chi connectivity index (χ0v) is 13.1. The molecule has 18 heavy (non-hydrogen) atoms. The van der Waals surface area contributed by atoms with Crippen LogP contribution in [0.4, 0.5) is 0 Å². The van der Waals surface area contributed by atoms with E-state index in [0.717, 1.165) is 0 Å². The summed E-state index contributed by atoms with van der Waals surface area (Å²) in [6.45, 7) is 5.08. The Bertz CT molecular complexity index is 360. The van der Waals surface area contributed by atoms with Gasteiger partial charge < -0.3 is 10.5 Å². The second kappa shape index (κ2) is 7.35. The summed E-state index contributed by atoms with van der Waals surface area (Å²) in [6.07, 6.45) is 0.493. The van der Waals surface area contributed by atoms with Gasteiger partial charge in [-0.05, 0) is 32.9 Å². The van der Waals surface area contributed by atoms with E-state index in [9.17, 15) is 13.2 Å². The lowest BCUT2D eigenvalue weighted by Gasteiger charge is -2.18. The van der Waals surface area contributed by atoms with Crippen molar-refractivity contribution in [1.82, 2.24) is 0 Å². The van der Waals surface area contributed by atoms with E-state index in [4.69, 9.17) is 5.73 Å². The molecule has 0 fully saturated rings. The molecule has 0 amide bonds. The normalized spacial score (nSPS) is 14.3. The van der Waals surface area contributed by atoms with Crippen molar-refractivity contribution >= 4 is 27.6 Å². The lowest BCUT2D eigenvalue weighted by Crippen LogP contribution is -2.32. The molecule has 0 bridgehead atoms. The lowest BCUT2D eigenvalue weighted by atomic mass is 10.2. The summed E-state index contributed by atoms with van der Waals surface area (Å²) in [6, 6.07) is -0.623. The summed E-state index contributed by atoms with van der Waals surface area (Å²) < 4.78 is 27.4. The summed E-state index contributed by atoms with van der Waals surface area (Å²) in [4.78, 5) is 11.0. The Hall–Kier alpha value is -0.270. The van der Waals surface area contributed by atoms with Crippen LogP contribution in [0.3, 0.4) is 0 Å². The number of esters is 1. The van der Waals surface area contributed by atoms with E-state index in [1.165, 1.54) is 18.9 Å². The molecule has 1 unspecified atom stereocenters. The Kier molecular flexibility index (Phi) is 7.24. The van der Waals surface area contributed by atoms with E-state index in [0.29, 0.717) is 17.9 Å². The van der Waals surface area contributed by atoms with Crippen LogP contribution in [0.5, 0.6) is 0 Å². The van der Waals surface area contributed by atoms with Gasteiger partial charge in [-0.2, -0.15) is 11.8 Å². The second-order valence-corrected chi connectivity index (χ2v) is 9.05. The van der Waals surface area contributed by atoms with Crippen LogP contribution in [0, 0.1) is 0 Å². The van der Waals surface area contributed by atoms with Crippen molar-refractivity contribution in [3.63, 3.8) is 0 Å². The van der Waals surface area contributed by atoms with Crippen molar-refractivity contribution in [3.8, 4) is 0 Å². The first-order chi connectivity index (χ1) is 8.12. The first-order valence-electron chi connectivity index (χ1n) is 5.75. The van der Waals surface area contributed by atoms with Gasteiger partial charge in [0.2, 0.25) is 0 Å². The standard InChI is InChI=1S/C11H23NO4S2/c1-11(2,3)18(14,15)8-7-17-6-5-9(12)10(13)16-4/h9H,5-8,12H2,1-4H3. The molecule has 0 aliphatic heterocycles. The molecule has 0 radical (unpaired) electrons. The highest BCUT2D eigenvalue weighted by atomic mass is 32.2. The van der Waals surface area contributed by atoms with Crippen LogP contribution in [0.25, 0.3) is 0 Å². The van der Waals surface area contributed by atoms with Crippen LogP contribution >= 0.6 is 11.8 Å². The van der Waals surface area contributed by atoms with Gasteiger partial charge in [-0.15, -0.1) is 0 Å². The minimum absolute atomic E-state index is 0.147. The third-order valence-electron chi connectivity index (χ3n) is 2.51. The molecule has 0 rings (SSSR count). The van der Waals surface area contributed by atoms with Gasteiger partial charge >= 0.3 is 5.97 Å². The quantitative estimate of drug-likeness (QED) is 0.553. The third kappa shape index (κ3) is 6.06. The molecule has 0 aliphatic carbocycles. The molecule has 1 atom stereocenters. The molecule has 0 aromatic heterocycles. The summed E-state index contributed by atoms with van der Waals surface area (Å²) in [5.41, 5.74) is 5.56. The monoisotopic (exact) mass is 297 g/mol. The molecule has 0 heterocycles. The molecule has 0 spiro atoms. The highest BCUT2D eigenvalue weighted by Gasteiger charge is 2.28. The highest BCUT2D eigenvalue weighted by molar-refractivity contribution is 8.00. The van der Waals surface area contributed by atoms with E-state index in [2.05, 4.69) is 4.74 Å². The number of methoxy groups -OCH3 is 1. The van der Waals surface area contributed by atoms with Gasteiger partial charge in [0.25, 0.3) is 0 Å². The number of hydrogen-bond donors (Lipinski definition) is 1. The Morgan fingerprint density at radius 2 is 1.89 bits per heavy atom. The Morgan fingerprint density at radius 3 is 2.33 bits per heavy atom. The summed E-state index contributed by atoms with van der Waals surface area (Å²) in [5.74, 6) is 0.885. The predicted octanol–water partition coefficient (Wildman–Crippen LogP) is 0.823. The van der Waals surface area contributed by atoms with E-state index in [-0.39, 0.29) is 5.75 Å². The number of carbonyl (C=O) groups excluding carboxylic acids is 1. The van der Waals surface area contributed by atoms with Gasteiger partial charge in [-0.1, -0.05) is 0 Å². The Labute approximate surface area is 114 Å². The molecule has 2 N–H and O–H groups in total. The number of nitrogens with two attached hydrogens (primary N) is 1. The smallest absolute Gasteiger partial charge is 0.322 e. The lowest BCUT2D eigenvalue weighted by molar-refractivity contribution is -0.142. The van der Waals surface area contributed by atoms with Crippen molar-refractivity contribution in [1.29, 1.82) is 0 Å². The fourth-order valence-corrected chi connectivity index (χ4v) is 3.64. The van der Waals surface area contributed by atoms with E-state index in [1.807, 2.05) is 0 Å². The van der Waals surface area contributed by atoms with Crippen LogP contribution in [0.2, 0.25) is 0 Å². The molecule has 5 nitrogen and oxygen atoms in total. The van der Waals surface area contributed by atoms with Crippen LogP contribution in [-0.2, 0) is 19.4 Å². The fourth-order valence-electron chi connectivity index (χ4n) is 1.06. The molecule has 0 saturated carbocycles. The number of thioether (sulfide) groups is 1. The van der Waals surface area contributed by atoms with Crippen molar-refractivity contribution in [3.05, 3.63) is 0 Å². The van der Waals surface area contributed by atoms with Gasteiger partial charge in [0.05, 0.1) is 17.6 Å². The molecule has 108 valence electrons. The van der Waals surface area contributed by atoms with E-state index < -0.39 is 26.6 Å². The Morgan fingerprint density at radius 1 is 1.33 bits per heavy atom. The van der Waals surface area contributed by atoms with Gasteiger partial charge in [0, 0.05) is 5.75 Å². The van der Waals surface area contributed by atoms with Crippen molar-refractivity contribution in [2.45, 2.75) is 38.0 Å². The minimum Gasteiger partial charge on any atom is -0.468 e. The fraction of sp³-hybridized carbons (Fsp3) is 0.909. The first-order valence-corrected chi connectivity index (χ1v) is 8.56. The largest absolute Gasteiger partial charge is 0.468 e. The van der Waals surface area contributed by atoms with Crippen LogP contribution < -0.4 is 5.73 Å². The number of hydrogen-bond acceptors (Lipinski definition) is 6.